The fourth-order valence-electron chi connectivity index (χ4n) is 0.423. The lowest BCUT2D eigenvalue weighted by atomic mass is 10.7. The molecule has 4 nitrogen and oxygen atoms in total. The van der Waals surface area contributed by atoms with Crippen LogP contribution in [0.25, 0.3) is 0 Å². The van der Waals surface area contributed by atoms with Gasteiger partial charge in [-0.15, -0.1) is 10.2 Å². The van der Waals surface area contributed by atoms with Crippen LogP contribution in [0.5, 0.6) is 0 Å². The van der Waals surface area contributed by atoms with Gasteiger partial charge in [-0.05, 0) is 0 Å². The van der Waals surface area contributed by atoms with E-state index in [0.717, 1.165) is 0 Å². The molecule has 1 aromatic rings. The fourth-order valence-corrected chi connectivity index (χ4v) is 2.02. The fraction of sp³-hybridized carbons (Fsp3) is 0.333. The molecule has 0 aromatic carbocycles. The summed E-state index contributed by atoms with van der Waals surface area (Å²) in [5.41, 5.74) is 0. The van der Waals surface area contributed by atoms with E-state index in [9.17, 15) is 21.6 Å². The van der Waals surface area contributed by atoms with E-state index in [-0.39, 0.29) is 11.3 Å². The number of hydrogen-bond acceptors (Lipinski definition) is 5. The number of aromatic nitrogens is 2. The maximum absolute atomic E-state index is 11.9. The predicted molar refractivity (Wildman–Crippen MR) is 37.9 cm³/mol. The molecular formula is C3ClF3N2O2S2. The molecule has 0 amide bonds. The van der Waals surface area contributed by atoms with Crippen molar-refractivity contribution < 1.29 is 21.6 Å². The van der Waals surface area contributed by atoms with Gasteiger partial charge in [-0.25, -0.2) is 8.42 Å². The molecule has 0 aliphatic heterocycles. The zero-order chi connectivity index (χ0) is 10.3. The standard InChI is InChI=1S/C3ClF3N2O2S2/c4-13(10,11)2-9-8-1(12-2)3(5,6)7. The van der Waals surface area contributed by atoms with Crippen molar-refractivity contribution in [2.24, 2.45) is 0 Å². The van der Waals surface area contributed by atoms with Crippen molar-refractivity contribution in [2.45, 2.75) is 10.5 Å². The molecular weight excluding hydrogens is 253 g/mol. The maximum Gasteiger partial charge on any atom is 0.445 e. The summed E-state index contributed by atoms with van der Waals surface area (Å²) in [5.74, 6) is 0. The Labute approximate surface area is 78.8 Å². The van der Waals surface area contributed by atoms with E-state index in [1.807, 2.05) is 0 Å². The molecule has 0 aliphatic carbocycles. The first-order valence-electron chi connectivity index (χ1n) is 2.56. The molecule has 1 rings (SSSR count). The van der Waals surface area contributed by atoms with Crippen LogP contribution in [0.4, 0.5) is 13.2 Å². The summed E-state index contributed by atoms with van der Waals surface area (Å²) in [7, 11) is 0.510. The summed E-state index contributed by atoms with van der Waals surface area (Å²) in [6, 6.07) is 0. The molecule has 74 valence electrons. The first kappa shape index (κ1) is 10.7. The second-order valence-electron chi connectivity index (χ2n) is 1.81. The van der Waals surface area contributed by atoms with Gasteiger partial charge in [0.25, 0.3) is 9.05 Å². The summed E-state index contributed by atoms with van der Waals surface area (Å²) in [6.45, 7) is 0. The summed E-state index contributed by atoms with van der Waals surface area (Å²) in [5, 5.41) is 4.08. The van der Waals surface area contributed by atoms with Gasteiger partial charge in [-0.2, -0.15) is 13.2 Å². The number of alkyl halides is 3. The van der Waals surface area contributed by atoms with Gasteiger partial charge in [0.05, 0.1) is 0 Å². The average molecular weight is 253 g/mol. The van der Waals surface area contributed by atoms with Crippen molar-refractivity contribution >= 4 is 31.1 Å². The molecule has 0 N–H and O–H groups in total. The average Bonchev–Trinajstić information content (AvgIpc) is 2.28. The highest BCUT2D eigenvalue weighted by Crippen LogP contribution is 2.33. The Balaban J connectivity index is 3.16. The van der Waals surface area contributed by atoms with Crippen LogP contribution in [0.1, 0.15) is 5.01 Å². The Hall–Kier alpha value is -0.410. The molecule has 1 aromatic heterocycles. The molecule has 0 atom stereocenters. The van der Waals surface area contributed by atoms with Crippen molar-refractivity contribution in [3.8, 4) is 0 Å². The Bertz CT molecular complexity index is 411. The highest BCUT2D eigenvalue weighted by atomic mass is 35.7. The van der Waals surface area contributed by atoms with Crippen LogP contribution in [-0.4, -0.2) is 18.6 Å². The van der Waals surface area contributed by atoms with Crippen LogP contribution in [0, 0.1) is 0 Å². The smallest absolute Gasteiger partial charge is 0.204 e. The molecule has 0 spiro atoms. The lowest BCUT2D eigenvalue weighted by molar-refractivity contribution is -0.138. The van der Waals surface area contributed by atoms with Gasteiger partial charge in [0.2, 0.25) is 9.35 Å². The van der Waals surface area contributed by atoms with Crippen molar-refractivity contribution in [3.05, 3.63) is 5.01 Å². The Kier molecular flexibility index (Phi) is 2.52. The van der Waals surface area contributed by atoms with Crippen molar-refractivity contribution in [1.29, 1.82) is 0 Å². The summed E-state index contributed by atoms with van der Waals surface area (Å²) in [6.07, 6.45) is -4.70. The molecule has 0 radical (unpaired) electrons. The third-order valence-corrected chi connectivity index (χ3v) is 3.74. The minimum Gasteiger partial charge on any atom is -0.204 e. The minimum absolute atomic E-state index is 0.120. The first-order valence-corrected chi connectivity index (χ1v) is 5.69. The third kappa shape index (κ3) is 2.51. The molecule has 0 saturated carbocycles. The first-order chi connectivity index (χ1) is 5.71. The monoisotopic (exact) mass is 252 g/mol. The van der Waals surface area contributed by atoms with Crippen molar-refractivity contribution in [1.82, 2.24) is 10.2 Å². The van der Waals surface area contributed by atoms with Crippen LogP contribution in [0.2, 0.25) is 0 Å². The van der Waals surface area contributed by atoms with E-state index in [1.54, 1.807) is 0 Å². The van der Waals surface area contributed by atoms with E-state index < -0.39 is 24.6 Å². The van der Waals surface area contributed by atoms with E-state index in [1.165, 1.54) is 0 Å². The largest absolute Gasteiger partial charge is 0.445 e. The molecule has 1 heterocycles. The van der Waals surface area contributed by atoms with Crippen molar-refractivity contribution in [2.75, 3.05) is 0 Å². The Morgan fingerprint density at radius 3 is 2.08 bits per heavy atom. The zero-order valence-corrected chi connectivity index (χ0v) is 7.93. The van der Waals surface area contributed by atoms with Gasteiger partial charge in [0, 0.05) is 10.7 Å². The molecule has 0 aliphatic rings. The second kappa shape index (κ2) is 3.07. The predicted octanol–water partition coefficient (Wildman–Crippen LogP) is 1.48. The van der Waals surface area contributed by atoms with E-state index >= 15 is 0 Å². The normalized spacial score (nSPS) is 13.2. The van der Waals surface area contributed by atoms with Crippen LogP contribution in [-0.2, 0) is 15.2 Å². The zero-order valence-electron chi connectivity index (χ0n) is 5.54. The van der Waals surface area contributed by atoms with Gasteiger partial charge in [0.15, 0.2) is 0 Å². The SMILES string of the molecule is O=S(=O)(Cl)c1nnc(C(F)(F)F)s1. The van der Waals surface area contributed by atoms with Gasteiger partial charge in [-0.1, -0.05) is 11.3 Å². The van der Waals surface area contributed by atoms with Gasteiger partial charge in [-0.3, -0.25) is 0 Å². The topological polar surface area (TPSA) is 59.9 Å². The Morgan fingerprint density at radius 1 is 1.31 bits per heavy atom. The third-order valence-electron chi connectivity index (χ3n) is 0.858. The van der Waals surface area contributed by atoms with Crippen LogP contribution >= 0.6 is 22.0 Å². The molecule has 10 heteroatoms. The lowest BCUT2D eigenvalue weighted by Crippen LogP contribution is -2.03. The number of halogens is 4. The highest BCUT2D eigenvalue weighted by Gasteiger charge is 2.37. The van der Waals surface area contributed by atoms with Gasteiger partial charge < -0.3 is 0 Å². The van der Waals surface area contributed by atoms with Crippen LogP contribution in [0.3, 0.4) is 0 Å². The molecule has 0 fully saturated rings. The molecule has 0 bridgehead atoms. The van der Waals surface area contributed by atoms with Gasteiger partial charge in [0.1, 0.15) is 0 Å². The maximum atomic E-state index is 11.9. The Morgan fingerprint density at radius 2 is 1.85 bits per heavy atom. The summed E-state index contributed by atoms with van der Waals surface area (Å²) >= 11 is -0.120. The number of hydrogen-bond donors (Lipinski definition) is 0. The molecule has 0 saturated heterocycles. The quantitative estimate of drug-likeness (QED) is 0.711. The molecule has 13 heavy (non-hydrogen) atoms. The minimum atomic E-state index is -4.70. The molecule has 0 unspecified atom stereocenters. The number of rotatable bonds is 1. The lowest BCUT2D eigenvalue weighted by Gasteiger charge is -1.96. The van der Waals surface area contributed by atoms with E-state index in [0.29, 0.717) is 0 Å². The van der Waals surface area contributed by atoms with Crippen LogP contribution < -0.4 is 0 Å². The van der Waals surface area contributed by atoms with Crippen LogP contribution in [0.15, 0.2) is 4.34 Å². The summed E-state index contributed by atoms with van der Waals surface area (Å²) in [4.78, 5) is 0. The highest BCUT2D eigenvalue weighted by molar-refractivity contribution is 8.14. The van der Waals surface area contributed by atoms with E-state index in [2.05, 4.69) is 10.2 Å². The second-order valence-corrected chi connectivity index (χ2v) is 5.53. The number of nitrogens with zero attached hydrogens (tertiary/aromatic N) is 2. The summed E-state index contributed by atoms with van der Waals surface area (Å²) < 4.78 is 55.7. The van der Waals surface area contributed by atoms with E-state index in [4.69, 9.17) is 10.7 Å². The van der Waals surface area contributed by atoms with Crippen molar-refractivity contribution in [3.63, 3.8) is 0 Å². The van der Waals surface area contributed by atoms with Gasteiger partial charge >= 0.3 is 6.18 Å².